The monoisotopic (exact) mass is 160 g/mol. The van der Waals surface area contributed by atoms with Gasteiger partial charge in [-0.2, -0.15) is 0 Å². The molecule has 0 atom stereocenters. The van der Waals surface area contributed by atoms with Gasteiger partial charge in [0.1, 0.15) is 0 Å². The quantitative estimate of drug-likeness (QED) is 0.306. The van der Waals surface area contributed by atoms with Crippen LogP contribution in [-0.2, 0) is 0 Å². The minimum Gasteiger partial charge on any atom is -0.0908 e. The molecule has 0 aromatic carbocycles. The molecule has 0 rings (SSSR count). The van der Waals surface area contributed by atoms with Crippen molar-refractivity contribution in [1.82, 2.24) is 0 Å². The van der Waals surface area contributed by atoms with Gasteiger partial charge in [0.15, 0.2) is 0 Å². The fourth-order valence-electron chi connectivity index (χ4n) is 0.0891. The Morgan fingerprint density at radius 1 is 1.67 bits per heavy atom. The molecule has 0 N–H and O–H groups in total. The Morgan fingerprint density at radius 2 is 2.17 bits per heavy atom. The predicted octanol–water partition coefficient (Wildman–Crippen LogP) is 1.04. The highest BCUT2D eigenvalue weighted by Gasteiger charge is 1.54. The van der Waals surface area contributed by atoms with Gasteiger partial charge in [0.05, 0.1) is 0 Å². The molecule has 0 bridgehead atoms. The van der Waals surface area contributed by atoms with E-state index in [9.17, 15) is 0 Å². The van der Waals surface area contributed by atoms with Crippen molar-refractivity contribution in [3.63, 3.8) is 0 Å². The van der Waals surface area contributed by atoms with Crippen molar-refractivity contribution in [3.05, 3.63) is 12.2 Å². The summed E-state index contributed by atoms with van der Waals surface area (Å²) >= 11 is 3.22. The molecule has 0 radical (unpaired) electrons. The number of rotatable bonds is 1. The molecule has 0 aliphatic carbocycles. The zero-order valence-electron chi connectivity index (χ0n) is 3.24. The highest BCUT2D eigenvalue weighted by atomic mass is 79.9. The van der Waals surface area contributed by atoms with Crippen LogP contribution in [0.5, 0.6) is 0 Å². The lowest BCUT2D eigenvalue weighted by molar-refractivity contribution is 1.67. The molecule has 0 amide bonds. The van der Waals surface area contributed by atoms with Gasteiger partial charge in [-0.25, -0.2) is 0 Å². The molecule has 0 spiro atoms. The van der Waals surface area contributed by atoms with Crippen molar-refractivity contribution in [3.8, 4) is 0 Å². The van der Waals surface area contributed by atoms with Crippen LogP contribution in [0.2, 0.25) is 0 Å². The summed E-state index contributed by atoms with van der Waals surface area (Å²) in [7, 11) is 0. The largest absolute Gasteiger partial charge is 0.316 e. The molecule has 0 aliphatic heterocycles. The van der Waals surface area contributed by atoms with E-state index >= 15 is 0 Å². The van der Waals surface area contributed by atoms with Crippen LogP contribution in [0.3, 0.4) is 0 Å². The van der Waals surface area contributed by atoms with Gasteiger partial charge in [0, 0.05) is 5.33 Å². The number of halogens is 1. The molecule has 0 aliphatic rings. The van der Waals surface area contributed by atoms with Gasteiger partial charge in [-0.3, -0.25) is 0 Å². The van der Waals surface area contributed by atoms with Crippen molar-refractivity contribution in [2.24, 2.45) is 0 Å². The van der Waals surface area contributed by atoms with Crippen LogP contribution in [0.4, 0.5) is 0 Å². The molecular weight excluding hydrogens is 152 g/mol. The van der Waals surface area contributed by atoms with Crippen LogP contribution in [0, 0.1) is 0 Å². The first-order valence-corrected chi connectivity index (χ1v) is 2.71. The first-order valence-electron chi connectivity index (χ1n) is 1.59. The van der Waals surface area contributed by atoms with E-state index < -0.39 is 0 Å². The van der Waals surface area contributed by atoms with E-state index in [2.05, 4.69) is 15.9 Å². The van der Waals surface area contributed by atoms with E-state index in [0.717, 1.165) is 5.33 Å². The van der Waals surface area contributed by atoms with Gasteiger partial charge in [-0.1, -0.05) is 28.1 Å². The van der Waals surface area contributed by atoms with Crippen LogP contribution < -0.4 is 0 Å². The first kappa shape index (κ1) is 10.1. The second-order valence-corrected chi connectivity index (χ2v) is 1.37. The summed E-state index contributed by atoms with van der Waals surface area (Å²) in [6.45, 7) is 2.00. The predicted molar refractivity (Wildman–Crippen MR) is 37.2 cm³/mol. The second kappa shape index (κ2) is 9.37. The van der Waals surface area contributed by atoms with Crippen LogP contribution in [0.15, 0.2) is 12.2 Å². The maximum absolute atomic E-state index is 3.22. The number of hydrogen-bond acceptors (Lipinski definition) is 0. The topological polar surface area (TPSA) is 0 Å². The van der Waals surface area contributed by atoms with Gasteiger partial charge in [0.2, 0.25) is 0 Å². The van der Waals surface area contributed by atoms with E-state index in [4.69, 9.17) is 0 Å². The highest BCUT2D eigenvalue weighted by Crippen LogP contribution is 1.77. The van der Waals surface area contributed by atoms with Crippen LogP contribution >= 0.6 is 15.9 Å². The summed E-state index contributed by atoms with van der Waals surface area (Å²) in [6, 6.07) is 0. The Balaban J connectivity index is 0. The van der Waals surface area contributed by atoms with Crippen LogP contribution in [0.1, 0.15) is 6.92 Å². The molecule has 2 heteroatoms. The molecule has 0 unspecified atom stereocenters. The Morgan fingerprint density at radius 3 is 2.17 bits per heavy atom. The third kappa shape index (κ3) is 8.88. The van der Waals surface area contributed by atoms with E-state index in [1.807, 2.05) is 19.1 Å². The maximum Gasteiger partial charge on any atom is 0.316 e. The van der Waals surface area contributed by atoms with Crippen LogP contribution in [-0.4, -0.2) is 28.4 Å². The zero-order valence-corrected chi connectivity index (χ0v) is 4.83. The van der Waals surface area contributed by atoms with Gasteiger partial charge < -0.3 is 0 Å². The summed E-state index contributed by atoms with van der Waals surface area (Å²) < 4.78 is 0. The lowest BCUT2D eigenvalue weighted by Crippen LogP contribution is -1.49. The molecule has 0 heterocycles. The maximum atomic E-state index is 3.22. The van der Waals surface area contributed by atoms with Crippen molar-refractivity contribution < 1.29 is 0 Å². The van der Waals surface area contributed by atoms with Crippen molar-refractivity contribution in [2.75, 3.05) is 5.33 Å². The average Bonchev–Trinajstić information content (AvgIpc) is 1.41. The molecule has 0 aromatic rings. The molecular formula is C4H9BrMg. The van der Waals surface area contributed by atoms with Crippen LogP contribution in [0.25, 0.3) is 0 Å². The molecule has 0 saturated carbocycles. The van der Waals surface area contributed by atoms with Gasteiger partial charge in [-0.15, -0.1) is 0 Å². The van der Waals surface area contributed by atoms with Crippen molar-refractivity contribution >= 4 is 39.0 Å². The standard InChI is InChI=1S/C4H7Br.Mg.2H/c1-2-3-4-5;;;/h2-3H,4H2,1H3;;;/b3-2+;;;. The Kier molecular flexibility index (Phi) is 15.7. The molecule has 0 nitrogen and oxygen atoms in total. The Hall–Kier alpha value is 0.986. The normalized spacial score (nSPS) is 8.33. The summed E-state index contributed by atoms with van der Waals surface area (Å²) in [6.07, 6.45) is 4.05. The van der Waals surface area contributed by atoms with Crippen molar-refractivity contribution in [1.29, 1.82) is 0 Å². The fourth-order valence-corrected chi connectivity index (χ4v) is 0.463. The SMILES string of the molecule is C/C=C/CBr.[MgH2]. The third-order valence-electron chi connectivity index (χ3n) is 0.325. The summed E-state index contributed by atoms with van der Waals surface area (Å²) in [5.41, 5.74) is 0. The van der Waals surface area contributed by atoms with Gasteiger partial charge >= 0.3 is 23.1 Å². The fraction of sp³-hybridized carbons (Fsp3) is 0.500. The van der Waals surface area contributed by atoms with Crippen molar-refractivity contribution in [2.45, 2.75) is 6.92 Å². The average molecular weight is 161 g/mol. The Bertz CT molecular complexity index is 34.5. The molecule has 0 saturated heterocycles. The first-order chi connectivity index (χ1) is 2.41. The zero-order chi connectivity index (χ0) is 4.12. The van der Waals surface area contributed by atoms with Gasteiger partial charge in [0.25, 0.3) is 0 Å². The third-order valence-corrected chi connectivity index (χ3v) is 0.699. The second-order valence-electron chi connectivity index (χ2n) is 0.723. The number of hydrogen-bond donors (Lipinski definition) is 0. The highest BCUT2D eigenvalue weighted by molar-refractivity contribution is 9.09. The van der Waals surface area contributed by atoms with Gasteiger partial charge in [-0.05, 0) is 6.92 Å². The Labute approximate surface area is 63.3 Å². The minimum absolute atomic E-state index is 0. The van der Waals surface area contributed by atoms with E-state index in [-0.39, 0.29) is 23.1 Å². The number of alkyl halides is 1. The molecule has 6 heavy (non-hydrogen) atoms. The summed E-state index contributed by atoms with van der Waals surface area (Å²) in [4.78, 5) is 0. The lowest BCUT2D eigenvalue weighted by atomic mass is 10.6. The molecule has 34 valence electrons. The summed E-state index contributed by atoms with van der Waals surface area (Å²) in [5.74, 6) is 0. The molecule has 0 aromatic heterocycles. The lowest BCUT2D eigenvalue weighted by Gasteiger charge is -1.63. The van der Waals surface area contributed by atoms with E-state index in [0.29, 0.717) is 0 Å². The van der Waals surface area contributed by atoms with E-state index in [1.54, 1.807) is 0 Å². The molecule has 0 fully saturated rings. The minimum atomic E-state index is 0. The number of allylic oxidation sites excluding steroid dienone is 2. The smallest absolute Gasteiger partial charge is 0.0908 e. The van der Waals surface area contributed by atoms with E-state index in [1.165, 1.54) is 0 Å². The summed E-state index contributed by atoms with van der Waals surface area (Å²) in [5, 5.41) is 0.976.